The monoisotopic (exact) mass is 375 g/mol. The highest BCUT2D eigenvalue weighted by atomic mass is 127. The van der Waals surface area contributed by atoms with Crippen molar-refractivity contribution in [3.8, 4) is 0 Å². The third-order valence-corrected chi connectivity index (χ3v) is 4.62. The molecule has 2 nitrogen and oxygen atoms in total. The number of benzene rings is 1. The van der Waals surface area contributed by atoms with E-state index in [1.165, 1.54) is 9.13 Å². The van der Waals surface area contributed by atoms with Crippen LogP contribution in [0.1, 0.15) is 39.2 Å². The van der Waals surface area contributed by atoms with Crippen molar-refractivity contribution in [3.05, 3.63) is 33.4 Å². The second kappa shape index (κ2) is 8.22. The molecule has 0 radical (unpaired) electrons. The van der Waals surface area contributed by atoms with Crippen LogP contribution in [0, 0.1) is 3.57 Å². The Morgan fingerprint density at radius 2 is 1.89 bits per heavy atom. The molecule has 1 N–H and O–H groups in total. The summed E-state index contributed by atoms with van der Waals surface area (Å²) in [7, 11) is 1.82. The zero-order valence-corrected chi connectivity index (χ0v) is 14.7. The van der Waals surface area contributed by atoms with Gasteiger partial charge in [-0.1, -0.05) is 26.0 Å². The van der Waals surface area contributed by atoms with E-state index in [1.807, 2.05) is 7.11 Å². The van der Waals surface area contributed by atoms with Gasteiger partial charge in [-0.05, 0) is 73.0 Å². The second-order valence-corrected chi connectivity index (χ2v) is 6.45. The first-order valence-electron chi connectivity index (χ1n) is 7.08. The lowest BCUT2D eigenvalue weighted by Gasteiger charge is -2.36. The van der Waals surface area contributed by atoms with Crippen molar-refractivity contribution in [2.45, 2.75) is 51.7 Å². The van der Waals surface area contributed by atoms with E-state index in [0.29, 0.717) is 6.04 Å². The molecule has 1 aromatic carbocycles. The summed E-state index contributed by atoms with van der Waals surface area (Å²) in [5.41, 5.74) is 1.25. The minimum atomic E-state index is -0.113. The third-order valence-electron chi connectivity index (χ3n) is 3.90. The van der Waals surface area contributed by atoms with Crippen LogP contribution < -0.4 is 5.32 Å². The lowest BCUT2D eigenvalue weighted by atomic mass is 9.88. The molecule has 19 heavy (non-hydrogen) atoms. The Morgan fingerprint density at radius 1 is 1.26 bits per heavy atom. The van der Waals surface area contributed by atoms with Crippen molar-refractivity contribution in [2.24, 2.45) is 0 Å². The topological polar surface area (TPSA) is 21.3 Å². The van der Waals surface area contributed by atoms with Crippen LogP contribution >= 0.6 is 22.6 Å². The van der Waals surface area contributed by atoms with Gasteiger partial charge in [0.15, 0.2) is 0 Å². The van der Waals surface area contributed by atoms with E-state index in [-0.39, 0.29) is 5.60 Å². The molecule has 0 spiro atoms. The molecule has 0 saturated heterocycles. The van der Waals surface area contributed by atoms with Gasteiger partial charge in [0.2, 0.25) is 0 Å². The molecule has 0 amide bonds. The van der Waals surface area contributed by atoms with Crippen LogP contribution in [0.5, 0.6) is 0 Å². The summed E-state index contributed by atoms with van der Waals surface area (Å²) in [6.45, 7) is 7.63. The van der Waals surface area contributed by atoms with Gasteiger partial charge in [0, 0.05) is 16.7 Å². The number of hydrogen-bond acceptors (Lipinski definition) is 2. The molecule has 108 valence electrons. The smallest absolute Gasteiger partial charge is 0.0803 e. The molecule has 0 aromatic heterocycles. The molecule has 0 bridgehead atoms. The molecule has 0 fully saturated rings. The molecule has 0 aliphatic heterocycles. The maximum Gasteiger partial charge on any atom is 0.0803 e. The van der Waals surface area contributed by atoms with Gasteiger partial charge in [0.05, 0.1) is 5.60 Å². The van der Waals surface area contributed by atoms with E-state index in [0.717, 1.165) is 25.8 Å². The molecular formula is C16H26INO. The highest BCUT2D eigenvalue weighted by Gasteiger charge is 2.32. The van der Waals surface area contributed by atoms with Crippen molar-refractivity contribution in [2.75, 3.05) is 13.7 Å². The summed E-state index contributed by atoms with van der Waals surface area (Å²) in [4.78, 5) is 0. The fourth-order valence-corrected chi connectivity index (χ4v) is 2.57. The largest absolute Gasteiger partial charge is 0.377 e. The Hall–Kier alpha value is -0.130. The average Bonchev–Trinajstić information content (AvgIpc) is 2.44. The van der Waals surface area contributed by atoms with Crippen molar-refractivity contribution in [1.82, 2.24) is 5.32 Å². The van der Waals surface area contributed by atoms with Crippen LogP contribution in [0.2, 0.25) is 0 Å². The maximum atomic E-state index is 5.78. The fourth-order valence-electron chi connectivity index (χ4n) is 2.21. The standard InChI is InChI=1S/C16H26INO/c1-5-11-18-15(16(3,6-2)19-4)12-13-7-9-14(17)10-8-13/h7-10,15,18H,5-6,11-12H2,1-4H3. The summed E-state index contributed by atoms with van der Waals surface area (Å²) in [5, 5.41) is 3.65. The predicted octanol–water partition coefficient (Wildman–Crippen LogP) is 4.02. The normalized spacial score (nSPS) is 16.1. The molecule has 3 heteroatoms. The molecule has 0 aliphatic rings. The Labute approximate surface area is 131 Å². The van der Waals surface area contributed by atoms with Crippen LogP contribution in [-0.4, -0.2) is 25.3 Å². The molecule has 2 unspecified atom stereocenters. The fraction of sp³-hybridized carbons (Fsp3) is 0.625. The van der Waals surface area contributed by atoms with Gasteiger partial charge in [-0.15, -0.1) is 0 Å². The summed E-state index contributed by atoms with van der Waals surface area (Å²) in [6.07, 6.45) is 3.16. The SMILES string of the molecule is CCCNC(Cc1ccc(I)cc1)C(C)(CC)OC. The molecule has 0 aliphatic carbocycles. The van der Waals surface area contributed by atoms with Crippen molar-refractivity contribution in [3.63, 3.8) is 0 Å². The zero-order chi connectivity index (χ0) is 14.3. The number of nitrogens with one attached hydrogen (secondary N) is 1. The van der Waals surface area contributed by atoms with Gasteiger partial charge in [-0.25, -0.2) is 0 Å². The van der Waals surface area contributed by atoms with Crippen LogP contribution in [0.15, 0.2) is 24.3 Å². The van der Waals surface area contributed by atoms with Gasteiger partial charge >= 0.3 is 0 Å². The molecule has 1 aromatic rings. The summed E-state index contributed by atoms with van der Waals surface area (Å²) < 4.78 is 7.06. The molecule has 0 heterocycles. The number of methoxy groups -OCH3 is 1. The lowest BCUT2D eigenvalue weighted by molar-refractivity contribution is -0.0287. The third kappa shape index (κ3) is 5.04. The zero-order valence-electron chi connectivity index (χ0n) is 12.5. The Bertz CT molecular complexity index is 360. The summed E-state index contributed by atoms with van der Waals surface area (Å²) in [5.74, 6) is 0. The van der Waals surface area contributed by atoms with E-state index in [4.69, 9.17) is 4.74 Å². The van der Waals surface area contributed by atoms with E-state index in [1.54, 1.807) is 0 Å². The lowest BCUT2D eigenvalue weighted by Crippen LogP contribution is -2.51. The number of ether oxygens (including phenoxy) is 1. The van der Waals surface area contributed by atoms with Crippen LogP contribution in [0.25, 0.3) is 0 Å². The van der Waals surface area contributed by atoms with Gasteiger partial charge < -0.3 is 10.1 Å². The van der Waals surface area contributed by atoms with Gasteiger partial charge in [0.25, 0.3) is 0 Å². The summed E-state index contributed by atoms with van der Waals surface area (Å²) in [6, 6.07) is 9.12. The Kier molecular flexibility index (Phi) is 7.32. The number of hydrogen-bond donors (Lipinski definition) is 1. The highest BCUT2D eigenvalue weighted by molar-refractivity contribution is 14.1. The quantitative estimate of drug-likeness (QED) is 0.693. The number of halogens is 1. The van der Waals surface area contributed by atoms with Gasteiger partial charge in [0.1, 0.15) is 0 Å². The van der Waals surface area contributed by atoms with Crippen LogP contribution in [-0.2, 0) is 11.2 Å². The number of rotatable bonds is 8. The van der Waals surface area contributed by atoms with E-state index >= 15 is 0 Å². The van der Waals surface area contributed by atoms with Crippen molar-refractivity contribution in [1.29, 1.82) is 0 Å². The van der Waals surface area contributed by atoms with Crippen LogP contribution in [0.3, 0.4) is 0 Å². The highest BCUT2D eigenvalue weighted by Crippen LogP contribution is 2.23. The van der Waals surface area contributed by atoms with E-state index < -0.39 is 0 Å². The molecule has 2 atom stereocenters. The summed E-state index contributed by atoms with van der Waals surface area (Å²) >= 11 is 2.34. The van der Waals surface area contributed by atoms with Crippen LogP contribution in [0.4, 0.5) is 0 Å². The Balaban J connectivity index is 2.81. The predicted molar refractivity (Wildman–Crippen MR) is 90.6 cm³/mol. The van der Waals surface area contributed by atoms with Gasteiger partial charge in [-0.2, -0.15) is 0 Å². The van der Waals surface area contributed by atoms with E-state index in [9.17, 15) is 0 Å². The first-order chi connectivity index (χ1) is 9.05. The molecule has 0 saturated carbocycles. The second-order valence-electron chi connectivity index (χ2n) is 5.21. The minimum absolute atomic E-state index is 0.113. The average molecular weight is 375 g/mol. The van der Waals surface area contributed by atoms with Crippen molar-refractivity contribution < 1.29 is 4.74 Å². The molecular weight excluding hydrogens is 349 g/mol. The maximum absolute atomic E-state index is 5.78. The van der Waals surface area contributed by atoms with Crippen molar-refractivity contribution >= 4 is 22.6 Å². The van der Waals surface area contributed by atoms with E-state index in [2.05, 4.69) is 72.9 Å². The van der Waals surface area contributed by atoms with Gasteiger partial charge in [-0.3, -0.25) is 0 Å². The minimum Gasteiger partial charge on any atom is -0.377 e. The first kappa shape index (κ1) is 16.9. The Morgan fingerprint density at radius 3 is 2.37 bits per heavy atom. The first-order valence-corrected chi connectivity index (χ1v) is 8.16. The molecule has 1 rings (SSSR count).